The summed E-state index contributed by atoms with van der Waals surface area (Å²) >= 11 is 0. The van der Waals surface area contributed by atoms with Crippen molar-refractivity contribution in [3.8, 4) is 0 Å². The number of nitrogens with zero attached hydrogens (tertiary/aromatic N) is 1. The van der Waals surface area contributed by atoms with E-state index < -0.39 is 30.3 Å². The Hall–Kier alpha value is -3.47. The Morgan fingerprint density at radius 3 is 2.54 bits per heavy atom. The van der Waals surface area contributed by atoms with Crippen molar-refractivity contribution in [1.29, 1.82) is 0 Å². The number of amides is 1. The fraction of sp³-hybridized carbons (Fsp3) is 0.500. The number of dihydropyridines is 1. The van der Waals surface area contributed by atoms with Gasteiger partial charge in [0.25, 0.3) is 0 Å². The maximum absolute atomic E-state index is 14.3. The van der Waals surface area contributed by atoms with E-state index in [2.05, 4.69) is 16.0 Å². The molecule has 4 atom stereocenters. The SMILES string of the molecule is CC/C(=C\NC)c1cc(F)cc(CNCC(=O)C2NC=CC(N)=C2N(CC(N)=O)C(C)C2CC(F)C(F)C2)c1. The predicted octanol–water partition coefficient (Wildman–Crippen LogP) is 2.37. The predicted molar refractivity (Wildman–Crippen MR) is 146 cm³/mol. The summed E-state index contributed by atoms with van der Waals surface area (Å²) in [5.41, 5.74) is 14.8. The van der Waals surface area contributed by atoms with Crippen LogP contribution in [0.2, 0.25) is 0 Å². The molecule has 8 nitrogen and oxygen atoms in total. The van der Waals surface area contributed by atoms with Crippen molar-refractivity contribution >= 4 is 17.3 Å². The van der Waals surface area contributed by atoms with E-state index in [1.165, 1.54) is 12.1 Å². The average Bonchev–Trinajstić information content (AvgIpc) is 3.22. The summed E-state index contributed by atoms with van der Waals surface area (Å²) in [6, 6.07) is 3.33. The number of halogens is 3. The highest BCUT2D eigenvalue weighted by molar-refractivity contribution is 5.89. The van der Waals surface area contributed by atoms with Crippen LogP contribution in [-0.4, -0.2) is 61.2 Å². The van der Waals surface area contributed by atoms with Gasteiger partial charge in [0.1, 0.15) is 24.2 Å². The van der Waals surface area contributed by atoms with E-state index in [4.69, 9.17) is 11.5 Å². The van der Waals surface area contributed by atoms with E-state index in [9.17, 15) is 22.8 Å². The van der Waals surface area contributed by atoms with E-state index >= 15 is 0 Å². The molecule has 0 spiro atoms. The highest BCUT2D eigenvalue weighted by Crippen LogP contribution is 2.36. The molecule has 3 rings (SSSR count). The summed E-state index contributed by atoms with van der Waals surface area (Å²) < 4.78 is 42.3. The van der Waals surface area contributed by atoms with Crippen LogP contribution in [-0.2, 0) is 16.1 Å². The maximum atomic E-state index is 14.3. The first kappa shape index (κ1) is 30.1. The number of hydrogen-bond donors (Lipinski definition) is 5. The molecule has 1 aliphatic carbocycles. The third kappa shape index (κ3) is 7.56. The topological polar surface area (TPSA) is 126 Å². The van der Waals surface area contributed by atoms with Gasteiger partial charge >= 0.3 is 0 Å². The number of Topliss-reactive ketones (excluding diaryl/α,β-unsaturated/α-hetero) is 1. The number of carbonyl (C=O) groups is 2. The van der Waals surface area contributed by atoms with Gasteiger partial charge in [0.15, 0.2) is 5.78 Å². The van der Waals surface area contributed by atoms with Crippen molar-refractivity contribution in [2.24, 2.45) is 17.4 Å². The molecule has 4 unspecified atom stereocenters. The number of allylic oxidation sites excluding steroid dienone is 2. The van der Waals surface area contributed by atoms with Crippen LogP contribution in [0.25, 0.3) is 5.57 Å². The van der Waals surface area contributed by atoms with Crippen molar-refractivity contribution < 1.29 is 22.8 Å². The lowest BCUT2D eigenvalue weighted by Crippen LogP contribution is -2.53. The van der Waals surface area contributed by atoms with Gasteiger partial charge in [-0.1, -0.05) is 6.92 Å². The highest BCUT2D eigenvalue weighted by atomic mass is 19.2. The van der Waals surface area contributed by atoms with Gasteiger partial charge < -0.3 is 32.3 Å². The molecule has 1 amide bonds. The molecule has 1 saturated carbocycles. The molecule has 0 bridgehead atoms. The van der Waals surface area contributed by atoms with E-state index in [1.807, 2.05) is 19.2 Å². The van der Waals surface area contributed by atoms with Gasteiger partial charge in [-0.2, -0.15) is 0 Å². The maximum Gasteiger partial charge on any atom is 0.236 e. The summed E-state index contributed by atoms with van der Waals surface area (Å²) in [4.78, 5) is 26.9. The minimum absolute atomic E-state index is 0.00704. The first-order valence-electron chi connectivity index (χ1n) is 13.2. The Morgan fingerprint density at radius 2 is 1.92 bits per heavy atom. The molecule has 39 heavy (non-hydrogen) atoms. The third-order valence-electron chi connectivity index (χ3n) is 7.33. The van der Waals surface area contributed by atoms with Gasteiger partial charge in [-0.15, -0.1) is 0 Å². The van der Waals surface area contributed by atoms with Gasteiger partial charge in [-0.05, 0) is 85.5 Å². The molecule has 214 valence electrons. The minimum Gasteiger partial charge on any atom is -0.397 e. The van der Waals surface area contributed by atoms with Crippen LogP contribution in [0.1, 0.15) is 44.2 Å². The fourth-order valence-corrected chi connectivity index (χ4v) is 5.31. The summed E-state index contributed by atoms with van der Waals surface area (Å²) in [5.74, 6) is -1.70. The van der Waals surface area contributed by atoms with E-state index in [0.29, 0.717) is 17.7 Å². The standard InChI is InChI=1S/C28H39F3N6O2/c1-4-18(13-34-3)20-7-17(8-21(29)9-20)12-35-14-25(38)27-28(24(32)5-6-36-27)37(15-26(33)39)16(2)19-10-22(30)23(31)11-19/h5-9,13,16,19,22-23,27,34-36H,4,10-12,14-15,32H2,1-3H3,(H2,33,39)/b18-13+. The Balaban J connectivity index is 1.75. The second kappa shape index (κ2) is 13.5. The number of nitrogens with one attached hydrogen (secondary N) is 3. The van der Waals surface area contributed by atoms with Crippen molar-refractivity contribution in [3.05, 3.63) is 65.0 Å². The smallest absolute Gasteiger partial charge is 0.236 e. The first-order chi connectivity index (χ1) is 18.5. The van der Waals surface area contributed by atoms with Crippen LogP contribution >= 0.6 is 0 Å². The second-order valence-corrected chi connectivity index (χ2v) is 10.1. The zero-order valence-corrected chi connectivity index (χ0v) is 22.6. The lowest BCUT2D eigenvalue weighted by Gasteiger charge is -2.40. The molecule has 1 aromatic carbocycles. The molecule has 7 N–H and O–H groups in total. The molecule has 2 aliphatic rings. The molecular weight excluding hydrogens is 509 g/mol. The molecule has 0 radical (unpaired) electrons. The van der Waals surface area contributed by atoms with Crippen molar-refractivity contribution in [3.63, 3.8) is 0 Å². The van der Waals surface area contributed by atoms with Gasteiger partial charge in [-0.25, -0.2) is 13.2 Å². The van der Waals surface area contributed by atoms with Gasteiger partial charge in [0.2, 0.25) is 5.91 Å². The van der Waals surface area contributed by atoms with Gasteiger partial charge in [-0.3, -0.25) is 9.59 Å². The number of carbonyl (C=O) groups excluding carboxylic acids is 2. The largest absolute Gasteiger partial charge is 0.397 e. The van der Waals surface area contributed by atoms with Crippen LogP contribution in [0.5, 0.6) is 0 Å². The molecule has 1 fully saturated rings. The second-order valence-electron chi connectivity index (χ2n) is 10.1. The number of primary amides is 1. The molecule has 1 aliphatic heterocycles. The number of ketones is 1. The van der Waals surface area contributed by atoms with Crippen molar-refractivity contribution in [2.75, 3.05) is 20.1 Å². The number of benzene rings is 1. The molecular formula is C28H39F3N6O2. The van der Waals surface area contributed by atoms with Crippen LogP contribution in [0, 0.1) is 11.7 Å². The van der Waals surface area contributed by atoms with Crippen molar-refractivity contribution in [1.82, 2.24) is 20.9 Å². The zero-order chi connectivity index (χ0) is 28.7. The molecule has 11 heteroatoms. The Kier molecular flexibility index (Phi) is 10.4. The molecule has 0 aromatic heterocycles. The van der Waals surface area contributed by atoms with Crippen LogP contribution in [0.3, 0.4) is 0 Å². The minimum atomic E-state index is -1.57. The van der Waals surface area contributed by atoms with E-state index in [-0.39, 0.29) is 55.7 Å². The van der Waals surface area contributed by atoms with Crippen molar-refractivity contribution in [2.45, 2.75) is 64.1 Å². The monoisotopic (exact) mass is 548 g/mol. The van der Waals surface area contributed by atoms with Crippen LogP contribution in [0.4, 0.5) is 13.2 Å². The number of nitrogens with two attached hydrogens (primary N) is 2. The highest BCUT2D eigenvalue weighted by Gasteiger charge is 2.41. The van der Waals surface area contributed by atoms with E-state index in [1.54, 1.807) is 31.1 Å². The number of hydrogen-bond acceptors (Lipinski definition) is 7. The lowest BCUT2D eigenvalue weighted by atomic mass is 9.94. The Morgan fingerprint density at radius 1 is 1.23 bits per heavy atom. The first-order valence-corrected chi connectivity index (χ1v) is 13.2. The zero-order valence-electron chi connectivity index (χ0n) is 22.6. The number of alkyl halides is 2. The Bertz CT molecular complexity index is 1130. The fourth-order valence-electron chi connectivity index (χ4n) is 5.31. The summed E-state index contributed by atoms with van der Waals surface area (Å²) in [5, 5.41) is 9.03. The number of rotatable bonds is 13. The Labute approximate surface area is 227 Å². The third-order valence-corrected chi connectivity index (χ3v) is 7.33. The average molecular weight is 549 g/mol. The van der Waals surface area contributed by atoms with E-state index in [0.717, 1.165) is 11.1 Å². The quantitative estimate of drug-likeness (QED) is 0.256. The summed E-state index contributed by atoms with van der Waals surface area (Å²) in [6.45, 7) is 3.63. The van der Waals surface area contributed by atoms with Crippen LogP contribution < -0.4 is 27.4 Å². The lowest BCUT2D eigenvalue weighted by molar-refractivity contribution is -0.122. The van der Waals surface area contributed by atoms with Gasteiger partial charge in [0, 0.05) is 19.6 Å². The van der Waals surface area contributed by atoms with Crippen LogP contribution in [0.15, 0.2) is 48.1 Å². The van der Waals surface area contributed by atoms with Gasteiger partial charge in [0.05, 0.1) is 24.5 Å². The molecule has 1 heterocycles. The summed E-state index contributed by atoms with van der Waals surface area (Å²) in [6.07, 6.45) is 2.51. The molecule has 0 saturated heterocycles. The normalized spacial score (nSPS) is 23.9. The summed E-state index contributed by atoms with van der Waals surface area (Å²) in [7, 11) is 1.78. The molecule has 1 aromatic rings.